The Morgan fingerprint density at radius 1 is 0.636 bits per heavy atom. The Morgan fingerprint density at radius 2 is 1.20 bits per heavy atom. The van der Waals surface area contributed by atoms with Gasteiger partial charge in [-0.2, -0.15) is 0 Å². The van der Waals surface area contributed by atoms with Crippen molar-refractivity contribution in [3.63, 3.8) is 0 Å². The number of Topliss-reactive ketones (excluding diaryl/α,β-unsaturated/α-hetero) is 2. The minimum atomic E-state index is -2.14. The summed E-state index contributed by atoms with van der Waals surface area (Å²) in [5, 5.41) is 74.9. The predicted octanol–water partition coefficient (Wildman–Crippen LogP) is 3.68. The van der Waals surface area contributed by atoms with E-state index in [-0.39, 0.29) is 95.9 Å². The first-order chi connectivity index (χ1) is 31.7. The number of carbonyl (C=O) groups excluding carboxylic acids is 5. The van der Waals surface area contributed by atoms with Crippen molar-refractivity contribution in [2.45, 2.75) is 113 Å². The molecule has 3 aromatic rings. The first-order valence-corrected chi connectivity index (χ1v) is 23.1. The molecule has 6 unspecified atom stereocenters. The first-order valence-electron chi connectivity index (χ1n) is 23.1. The van der Waals surface area contributed by atoms with Crippen LogP contribution >= 0.6 is 0 Å². The van der Waals surface area contributed by atoms with Gasteiger partial charge in [-0.05, 0) is 85.3 Å². The van der Waals surface area contributed by atoms with Crippen molar-refractivity contribution in [3.05, 3.63) is 106 Å². The lowest BCUT2D eigenvalue weighted by Crippen LogP contribution is -2.59. The van der Waals surface area contributed by atoms with Gasteiger partial charge in [0.05, 0.1) is 50.3 Å². The maximum absolute atomic E-state index is 14.9. The van der Waals surface area contributed by atoms with E-state index in [1.54, 1.807) is 60.7 Å². The van der Waals surface area contributed by atoms with Crippen LogP contribution in [0.5, 0.6) is 0 Å². The molecular weight excluding hydrogens is 853 g/mol. The molecular formula is C51H64O15. The fourth-order valence-corrected chi connectivity index (χ4v) is 10.3. The molecule has 3 fully saturated rings. The topological polar surface area (TPSA) is 255 Å². The Kier molecular flexibility index (Phi) is 17.2. The molecule has 358 valence electrons. The molecule has 0 radical (unpaired) electrons. The highest BCUT2D eigenvalue weighted by Crippen LogP contribution is 2.47. The Labute approximate surface area is 384 Å². The van der Waals surface area contributed by atoms with Crippen molar-refractivity contribution in [2.75, 3.05) is 46.2 Å². The Bertz CT molecular complexity index is 2160. The number of ether oxygens (including phenoxy) is 3. The van der Waals surface area contributed by atoms with Crippen molar-refractivity contribution in [1.82, 2.24) is 0 Å². The molecule has 15 heteroatoms. The molecule has 0 saturated heterocycles. The van der Waals surface area contributed by atoms with Gasteiger partial charge in [0.1, 0.15) is 42.4 Å². The van der Waals surface area contributed by atoms with Gasteiger partial charge >= 0.3 is 11.9 Å². The molecule has 0 amide bonds. The molecule has 3 aliphatic rings. The molecule has 0 heterocycles. The van der Waals surface area contributed by atoms with Crippen LogP contribution in [-0.4, -0.2) is 129 Å². The van der Waals surface area contributed by atoms with E-state index < -0.39 is 63.7 Å². The summed E-state index contributed by atoms with van der Waals surface area (Å²) in [4.78, 5) is 67.4. The third-order valence-electron chi connectivity index (χ3n) is 14.1. The van der Waals surface area contributed by atoms with E-state index in [9.17, 15) is 49.5 Å². The molecule has 0 bridgehead atoms. The number of benzene rings is 3. The SMILES string of the molecule is O=CC1(COCCO)CCCC[C@]1(O)C(=O)c1cc(Cc2ccc(C(O)C3(O)CCCCC3C(=O)OCCO)cc2)ccc1Cc1ccc(C(=O)C2(O)CCCCC2C(=O)OCCO)cc1. The van der Waals surface area contributed by atoms with Gasteiger partial charge in [-0.1, -0.05) is 99.2 Å². The summed E-state index contributed by atoms with van der Waals surface area (Å²) in [5.74, 6) is -4.75. The molecule has 7 atom stereocenters. The highest BCUT2D eigenvalue weighted by atomic mass is 16.5. The smallest absolute Gasteiger partial charge is 0.312 e. The Morgan fingerprint density at radius 3 is 1.85 bits per heavy atom. The maximum Gasteiger partial charge on any atom is 0.312 e. The zero-order valence-electron chi connectivity index (χ0n) is 37.4. The molecule has 3 aliphatic carbocycles. The van der Waals surface area contributed by atoms with E-state index in [0.717, 1.165) is 5.56 Å². The number of aliphatic hydroxyl groups excluding tert-OH is 4. The molecule has 0 spiro atoms. The van der Waals surface area contributed by atoms with E-state index in [1.807, 2.05) is 6.07 Å². The average molecular weight is 917 g/mol. The third-order valence-corrected chi connectivity index (χ3v) is 14.1. The fraction of sp³-hybridized carbons (Fsp3) is 0.549. The number of rotatable bonds is 21. The zero-order valence-corrected chi connectivity index (χ0v) is 37.4. The number of hydrogen-bond donors (Lipinski definition) is 7. The summed E-state index contributed by atoms with van der Waals surface area (Å²) in [6.45, 7) is -1.87. The molecule has 7 N–H and O–H groups in total. The summed E-state index contributed by atoms with van der Waals surface area (Å²) in [6, 6.07) is 18.7. The first kappa shape index (κ1) is 50.7. The van der Waals surface area contributed by atoms with Crippen LogP contribution in [0.15, 0.2) is 66.7 Å². The standard InChI is InChI=1S/C51H64O15/c52-23-26-64-33-48(32-55)19-5-6-22-51(48,63)45(58)40-31-36(29-34-9-14-37(15-10-34)43(56)49(61)20-3-1-7-41(49)46(59)65-27-24-53)13-18-39(40)30-35-11-16-38(17-12-35)44(57)50(62)21-4-2-8-42(50)47(60)66-28-25-54/h9-18,31-32,41-43,52-54,56,61-63H,1-8,19-30,33H2/t41?,42?,43?,48?,49?,50?,51-/m0/s1. The summed E-state index contributed by atoms with van der Waals surface area (Å²) in [6.07, 6.45) is 4.20. The fourth-order valence-electron chi connectivity index (χ4n) is 10.3. The summed E-state index contributed by atoms with van der Waals surface area (Å²) in [5.41, 5.74) is -4.05. The monoisotopic (exact) mass is 916 g/mol. The largest absolute Gasteiger partial charge is 0.463 e. The number of aldehydes is 1. The molecule has 15 nitrogen and oxygen atoms in total. The van der Waals surface area contributed by atoms with Crippen LogP contribution in [0.2, 0.25) is 0 Å². The molecule has 6 rings (SSSR count). The molecule has 0 aromatic heterocycles. The van der Waals surface area contributed by atoms with Gasteiger partial charge in [0, 0.05) is 11.1 Å². The molecule has 66 heavy (non-hydrogen) atoms. The maximum atomic E-state index is 14.9. The van der Waals surface area contributed by atoms with Crippen molar-refractivity contribution < 1.29 is 73.9 Å². The van der Waals surface area contributed by atoms with Gasteiger partial charge in [0.15, 0.2) is 11.6 Å². The van der Waals surface area contributed by atoms with Gasteiger partial charge in [-0.15, -0.1) is 0 Å². The number of esters is 2. The lowest BCUT2D eigenvalue weighted by molar-refractivity contribution is -0.179. The minimum absolute atomic E-state index is 0.00112. The predicted molar refractivity (Wildman–Crippen MR) is 238 cm³/mol. The van der Waals surface area contributed by atoms with Gasteiger partial charge in [-0.3, -0.25) is 19.2 Å². The van der Waals surface area contributed by atoms with Crippen LogP contribution in [0.4, 0.5) is 0 Å². The highest BCUT2D eigenvalue weighted by Gasteiger charge is 2.57. The van der Waals surface area contributed by atoms with Crippen LogP contribution in [0.1, 0.15) is 132 Å². The quantitative estimate of drug-likeness (QED) is 0.0348. The van der Waals surface area contributed by atoms with E-state index in [1.165, 1.54) is 0 Å². The number of hydrogen-bond acceptors (Lipinski definition) is 15. The number of ketones is 2. The summed E-state index contributed by atoms with van der Waals surface area (Å²) < 4.78 is 15.8. The lowest BCUT2D eigenvalue weighted by Gasteiger charge is -2.46. The second-order valence-corrected chi connectivity index (χ2v) is 18.3. The Balaban J connectivity index is 1.29. The van der Waals surface area contributed by atoms with Crippen LogP contribution in [0.3, 0.4) is 0 Å². The van der Waals surface area contributed by atoms with E-state index in [2.05, 4.69) is 0 Å². The second-order valence-electron chi connectivity index (χ2n) is 18.3. The summed E-state index contributed by atoms with van der Waals surface area (Å²) in [7, 11) is 0. The van der Waals surface area contributed by atoms with Crippen LogP contribution < -0.4 is 0 Å². The average Bonchev–Trinajstić information content (AvgIpc) is 3.33. The molecule has 0 aliphatic heterocycles. The molecule has 3 aromatic carbocycles. The van der Waals surface area contributed by atoms with Gasteiger partial charge in [0.2, 0.25) is 0 Å². The number of aliphatic hydroxyl groups is 7. The lowest BCUT2D eigenvalue weighted by atomic mass is 9.61. The van der Waals surface area contributed by atoms with Crippen molar-refractivity contribution in [2.24, 2.45) is 17.3 Å². The van der Waals surface area contributed by atoms with Gasteiger partial charge in [0.25, 0.3) is 0 Å². The van der Waals surface area contributed by atoms with Crippen molar-refractivity contribution in [3.8, 4) is 0 Å². The number of carbonyl (C=O) groups is 5. The molecule has 3 saturated carbocycles. The van der Waals surface area contributed by atoms with Gasteiger partial charge < -0.3 is 54.8 Å². The van der Waals surface area contributed by atoms with Crippen LogP contribution in [0.25, 0.3) is 0 Å². The third kappa shape index (κ3) is 10.7. The van der Waals surface area contributed by atoms with E-state index in [0.29, 0.717) is 79.9 Å². The zero-order chi connectivity index (χ0) is 47.5. The van der Waals surface area contributed by atoms with Crippen molar-refractivity contribution >= 4 is 29.8 Å². The second kappa shape index (κ2) is 22.4. The highest BCUT2D eigenvalue weighted by molar-refractivity contribution is 6.06. The normalized spacial score (nSPS) is 27.1. The van der Waals surface area contributed by atoms with Crippen molar-refractivity contribution in [1.29, 1.82) is 0 Å². The summed E-state index contributed by atoms with van der Waals surface area (Å²) >= 11 is 0. The van der Waals surface area contributed by atoms with Crippen LogP contribution in [-0.2, 0) is 41.4 Å². The van der Waals surface area contributed by atoms with E-state index in [4.69, 9.17) is 24.4 Å². The van der Waals surface area contributed by atoms with Gasteiger partial charge in [-0.25, -0.2) is 0 Å². The van der Waals surface area contributed by atoms with Crippen LogP contribution in [0, 0.1) is 17.3 Å². The van der Waals surface area contributed by atoms with E-state index >= 15 is 0 Å². The minimum Gasteiger partial charge on any atom is -0.463 e. The Hall–Kier alpha value is -4.71.